The average Bonchev–Trinajstić information content (AvgIpc) is 2.46. The molecule has 0 aliphatic heterocycles. The average molecular weight is 287 g/mol. The van der Waals surface area contributed by atoms with Crippen molar-refractivity contribution in [1.29, 1.82) is 0 Å². The molecular weight excluding hydrogens is 262 g/mol. The highest BCUT2D eigenvalue weighted by atomic mass is 16.5. The van der Waals surface area contributed by atoms with E-state index < -0.39 is 0 Å². The lowest BCUT2D eigenvalue weighted by Crippen LogP contribution is -2.33. The summed E-state index contributed by atoms with van der Waals surface area (Å²) in [6, 6.07) is 7.65. The topological polar surface area (TPSA) is 29.5 Å². The van der Waals surface area contributed by atoms with E-state index in [1.165, 1.54) is 0 Å². The van der Waals surface area contributed by atoms with E-state index in [1.807, 2.05) is 52.0 Å². The first-order valence-electron chi connectivity index (χ1n) is 7.07. The third-order valence-corrected chi connectivity index (χ3v) is 3.65. The number of ether oxygens (including phenoxy) is 1. The molecule has 0 saturated heterocycles. The van der Waals surface area contributed by atoms with Crippen LogP contribution in [0.2, 0.25) is 0 Å². The summed E-state index contributed by atoms with van der Waals surface area (Å²) in [7, 11) is 1.64. The number of hydrogen-bond acceptors (Lipinski definition) is 2. The van der Waals surface area contributed by atoms with Crippen LogP contribution in [0.25, 0.3) is 0 Å². The van der Waals surface area contributed by atoms with Gasteiger partial charge in [0.15, 0.2) is 0 Å². The Hall–Kier alpha value is -2.03. The highest BCUT2D eigenvalue weighted by Crippen LogP contribution is 2.32. The molecule has 0 aromatic heterocycles. The minimum absolute atomic E-state index is 0.0629. The van der Waals surface area contributed by atoms with Crippen LogP contribution in [0.4, 0.5) is 0 Å². The lowest BCUT2D eigenvalue weighted by Gasteiger charge is -2.32. The second-order valence-corrected chi connectivity index (χ2v) is 5.46. The number of allylic oxidation sites excluding steroid dienone is 2. The number of benzene rings is 1. The second kappa shape index (κ2) is 7.11. The van der Waals surface area contributed by atoms with Gasteiger partial charge in [-0.25, -0.2) is 0 Å². The van der Waals surface area contributed by atoms with Crippen molar-refractivity contribution in [2.24, 2.45) is 0 Å². The Bertz CT molecular complexity index is 568. The molecule has 1 atom stereocenters. The molecule has 1 rings (SSSR count). The van der Waals surface area contributed by atoms with Crippen LogP contribution in [0.5, 0.6) is 5.75 Å². The number of carbonyl (C=O) groups is 1. The molecule has 1 aromatic rings. The predicted octanol–water partition coefficient (Wildman–Crippen LogP) is 4.47. The highest BCUT2D eigenvalue weighted by Gasteiger charge is 2.25. The van der Waals surface area contributed by atoms with Gasteiger partial charge in [0.25, 0.3) is 5.91 Å². The van der Waals surface area contributed by atoms with Crippen LogP contribution in [-0.2, 0) is 4.79 Å². The van der Waals surface area contributed by atoms with Gasteiger partial charge in [0.05, 0.1) is 13.2 Å². The van der Waals surface area contributed by atoms with Gasteiger partial charge in [-0.2, -0.15) is 0 Å². The number of amides is 1. The first kappa shape index (κ1) is 17.0. The van der Waals surface area contributed by atoms with Crippen LogP contribution in [0, 0.1) is 0 Å². The standard InChI is InChI=1S/C18H25NO2/c1-12(2)14(5)19(18(20)13(3)4)15(6)16-10-8-9-11-17(16)21-7/h8-11,15H,3H2,1-2,4-7H3/t15-/m0/s1. The van der Waals surface area contributed by atoms with Gasteiger partial charge in [-0.05, 0) is 40.7 Å². The summed E-state index contributed by atoms with van der Waals surface area (Å²) in [6.45, 7) is 13.5. The maximum atomic E-state index is 12.6. The van der Waals surface area contributed by atoms with E-state index in [9.17, 15) is 4.79 Å². The van der Waals surface area contributed by atoms with Gasteiger partial charge in [0.1, 0.15) is 5.75 Å². The zero-order chi connectivity index (χ0) is 16.2. The molecule has 0 fully saturated rings. The zero-order valence-electron chi connectivity index (χ0n) is 13.9. The van der Waals surface area contributed by atoms with Crippen LogP contribution in [0.1, 0.15) is 46.2 Å². The van der Waals surface area contributed by atoms with Gasteiger partial charge in [0.2, 0.25) is 0 Å². The Morgan fingerprint density at radius 3 is 2.24 bits per heavy atom. The van der Waals surface area contributed by atoms with Crippen molar-refractivity contribution < 1.29 is 9.53 Å². The monoisotopic (exact) mass is 287 g/mol. The van der Waals surface area contributed by atoms with Gasteiger partial charge >= 0.3 is 0 Å². The van der Waals surface area contributed by atoms with Crippen molar-refractivity contribution in [3.63, 3.8) is 0 Å². The van der Waals surface area contributed by atoms with Gasteiger partial charge < -0.3 is 9.64 Å². The fourth-order valence-electron chi connectivity index (χ4n) is 2.22. The van der Waals surface area contributed by atoms with Crippen molar-refractivity contribution >= 4 is 5.91 Å². The van der Waals surface area contributed by atoms with Crippen molar-refractivity contribution in [3.8, 4) is 5.75 Å². The normalized spacial score (nSPS) is 11.5. The Morgan fingerprint density at radius 1 is 1.19 bits per heavy atom. The third kappa shape index (κ3) is 3.75. The number of hydrogen-bond donors (Lipinski definition) is 0. The van der Waals surface area contributed by atoms with Crippen LogP contribution >= 0.6 is 0 Å². The molecule has 0 bridgehead atoms. The summed E-state index contributed by atoms with van der Waals surface area (Å²) in [4.78, 5) is 14.3. The first-order chi connectivity index (χ1) is 9.81. The predicted molar refractivity (Wildman–Crippen MR) is 87.1 cm³/mol. The molecule has 1 aromatic carbocycles. The van der Waals surface area contributed by atoms with E-state index >= 15 is 0 Å². The molecule has 0 spiro atoms. The van der Waals surface area contributed by atoms with Crippen LogP contribution in [0.3, 0.4) is 0 Å². The quantitative estimate of drug-likeness (QED) is 0.747. The summed E-state index contributed by atoms with van der Waals surface area (Å²) < 4.78 is 5.42. The molecular formula is C18H25NO2. The van der Waals surface area contributed by atoms with Crippen LogP contribution < -0.4 is 4.74 Å². The molecule has 0 saturated carbocycles. The fraction of sp³-hybridized carbons (Fsp3) is 0.389. The van der Waals surface area contributed by atoms with Crippen molar-refractivity contribution in [3.05, 3.63) is 53.3 Å². The van der Waals surface area contributed by atoms with Crippen LogP contribution in [0.15, 0.2) is 47.7 Å². The lowest BCUT2D eigenvalue weighted by atomic mass is 10.0. The second-order valence-electron chi connectivity index (χ2n) is 5.46. The van der Waals surface area contributed by atoms with Gasteiger partial charge in [-0.15, -0.1) is 0 Å². The molecule has 1 amide bonds. The third-order valence-electron chi connectivity index (χ3n) is 3.65. The summed E-state index contributed by atoms with van der Waals surface area (Å²) in [5.74, 6) is 0.721. The molecule has 0 N–H and O–H groups in total. The molecule has 0 unspecified atom stereocenters. The molecule has 0 aliphatic rings. The SMILES string of the molecule is C=C(C)C(=O)N(C(C)=C(C)C)[C@@H](C)c1ccccc1OC. The Morgan fingerprint density at radius 2 is 1.76 bits per heavy atom. The largest absolute Gasteiger partial charge is 0.496 e. The van der Waals surface area contributed by atoms with Crippen molar-refractivity contribution in [2.45, 2.75) is 40.7 Å². The maximum Gasteiger partial charge on any atom is 0.253 e. The van der Waals surface area contributed by atoms with E-state index in [-0.39, 0.29) is 11.9 Å². The van der Waals surface area contributed by atoms with E-state index in [0.29, 0.717) is 5.57 Å². The molecule has 21 heavy (non-hydrogen) atoms. The Labute approximate surface area is 127 Å². The highest BCUT2D eigenvalue weighted by molar-refractivity contribution is 5.93. The first-order valence-corrected chi connectivity index (χ1v) is 7.07. The summed E-state index contributed by atoms with van der Waals surface area (Å²) in [6.07, 6.45) is 0. The van der Waals surface area contributed by atoms with Gasteiger partial charge in [-0.1, -0.05) is 30.4 Å². The fourth-order valence-corrected chi connectivity index (χ4v) is 2.22. The summed E-state index contributed by atoms with van der Waals surface area (Å²) in [5.41, 5.74) is 3.56. The smallest absolute Gasteiger partial charge is 0.253 e. The summed E-state index contributed by atoms with van der Waals surface area (Å²) in [5, 5.41) is 0. The molecule has 0 aliphatic carbocycles. The number of para-hydroxylation sites is 1. The molecule has 0 radical (unpaired) electrons. The lowest BCUT2D eigenvalue weighted by molar-refractivity contribution is -0.127. The van der Waals surface area contributed by atoms with E-state index in [2.05, 4.69) is 6.58 Å². The van der Waals surface area contributed by atoms with Crippen LogP contribution in [-0.4, -0.2) is 17.9 Å². The van der Waals surface area contributed by atoms with E-state index in [1.54, 1.807) is 18.9 Å². The number of rotatable bonds is 5. The minimum atomic E-state index is -0.125. The number of methoxy groups -OCH3 is 1. The maximum absolute atomic E-state index is 12.6. The molecule has 0 heterocycles. The molecule has 114 valence electrons. The van der Waals surface area contributed by atoms with Crippen molar-refractivity contribution in [1.82, 2.24) is 4.90 Å². The van der Waals surface area contributed by atoms with E-state index in [0.717, 1.165) is 22.6 Å². The number of nitrogens with zero attached hydrogens (tertiary/aromatic N) is 1. The zero-order valence-corrected chi connectivity index (χ0v) is 13.9. The van der Waals surface area contributed by atoms with Gasteiger partial charge in [-0.3, -0.25) is 4.79 Å². The molecule has 3 nitrogen and oxygen atoms in total. The Kier molecular flexibility index (Phi) is 5.77. The van der Waals surface area contributed by atoms with E-state index in [4.69, 9.17) is 4.74 Å². The van der Waals surface area contributed by atoms with Crippen molar-refractivity contribution in [2.75, 3.05) is 7.11 Å². The Balaban J connectivity index is 3.36. The molecule has 3 heteroatoms. The van der Waals surface area contributed by atoms with Gasteiger partial charge in [0, 0.05) is 16.8 Å². The number of carbonyl (C=O) groups excluding carboxylic acids is 1. The summed E-state index contributed by atoms with van der Waals surface area (Å²) >= 11 is 0. The minimum Gasteiger partial charge on any atom is -0.496 e.